The van der Waals surface area contributed by atoms with Gasteiger partial charge in [0.1, 0.15) is 0 Å². The lowest BCUT2D eigenvalue weighted by molar-refractivity contribution is -0.0245. The molecule has 2 heterocycles. The number of aliphatic hydroxyl groups excluding tert-OH is 1. The van der Waals surface area contributed by atoms with Crippen LogP contribution in [-0.4, -0.2) is 48.5 Å². The molecule has 2 atom stereocenters. The number of nitrogens with zero attached hydrogens (tertiary/aromatic N) is 1. The van der Waals surface area contributed by atoms with Gasteiger partial charge in [0.15, 0.2) is 0 Å². The number of rotatable bonds is 3. The van der Waals surface area contributed by atoms with Crippen molar-refractivity contribution in [3.05, 3.63) is 0 Å². The first-order chi connectivity index (χ1) is 6.31. The van der Waals surface area contributed by atoms with Gasteiger partial charge in [0, 0.05) is 12.1 Å². The van der Waals surface area contributed by atoms with Crippen molar-refractivity contribution in [2.75, 3.05) is 20.3 Å². The standard InChI is InChI=1S/C10H19NO2/c1-11-8-2-3-9(11)7-10(6-8)13-5-4-12/h8-10,12H,2-7H2,1H3. The first-order valence-electron chi connectivity index (χ1n) is 5.25. The smallest absolute Gasteiger partial charge is 0.0701 e. The molecule has 2 aliphatic rings. The number of fused-ring (bicyclic) bond motifs is 2. The summed E-state index contributed by atoms with van der Waals surface area (Å²) in [5.41, 5.74) is 0. The van der Waals surface area contributed by atoms with Crippen LogP contribution in [0.3, 0.4) is 0 Å². The average Bonchev–Trinajstić information content (AvgIpc) is 2.41. The van der Waals surface area contributed by atoms with E-state index in [2.05, 4.69) is 11.9 Å². The Balaban J connectivity index is 1.84. The highest BCUT2D eigenvalue weighted by molar-refractivity contribution is 4.93. The number of ether oxygens (including phenoxy) is 1. The van der Waals surface area contributed by atoms with Crippen molar-refractivity contribution in [1.29, 1.82) is 0 Å². The van der Waals surface area contributed by atoms with Gasteiger partial charge in [0.2, 0.25) is 0 Å². The van der Waals surface area contributed by atoms with Gasteiger partial charge < -0.3 is 14.7 Å². The zero-order chi connectivity index (χ0) is 9.26. The SMILES string of the molecule is CN1C2CCC1CC(OCCO)C2. The van der Waals surface area contributed by atoms with Gasteiger partial charge in [0.05, 0.1) is 19.3 Å². The highest BCUT2D eigenvalue weighted by Crippen LogP contribution is 2.35. The van der Waals surface area contributed by atoms with Gasteiger partial charge in [-0.05, 0) is 32.7 Å². The molecule has 2 aliphatic heterocycles. The Bertz CT molecular complexity index is 160. The molecule has 0 saturated carbocycles. The minimum Gasteiger partial charge on any atom is -0.394 e. The molecule has 0 aromatic heterocycles. The normalized spacial score (nSPS) is 39.7. The lowest BCUT2D eigenvalue weighted by Crippen LogP contribution is -2.43. The van der Waals surface area contributed by atoms with E-state index in [1.807, 2.05) is 0 Å². The summed E-state index contributed by atoms with van der Waals surface area (Å²) in [4.78, 5) is 2.50. The minimum absolute atomic E-state index is 0.154. The molecule has 0 amide bonds. The van der Waals surface area contributed by atoms with Crippen LogP contribution in [0.15, 0.2) is 0 Å². The van der Waals surface area contributed by atoms with Crippen molar-refractivity contribution in [2.24, 2.45) is 0 Å². The second-order valence-corrected chi connectivity index (χ2v) is 4.24. The largest absolute Gasteiger partial charge is 0.394 e. The summed E-state index contributed by atoms with van der Waals surface area (Å²) in [6, 6.07) is 1.48. The van der Waals surface area contributed by atoms with Gasteiger partial charge in [-0.25, -0.2) is 0 Å². The maximum Gasteiger partial charge on any atom is 0.0701 e. The van der Waals surface area contributed by atoms with E-state index in [1.165, 1.54) is 12.8 Å². The van der Waals surface area contributed by atoms with Crippen LogP contribution in [0.25, 0.3) is 0 Å². The topological polar surface area (TPSA) is 32.7 Å². The van der Waals surface area contributed by atoms with Gasteiger partial charge in [-0.15, -0.1) is 0 Å². The quantitative estimate of drug-likeness (QED) is 0.699. The predicted molar refractivity (Wildman–Crippen MR) is 50.6 cm³/mol. The molecule has 2 rings (SSSR count). The Hall–Kier alpha value is -0.120. The molecule has 0 aliphatic carbocycles. The molecule has 2 unspecified atom stereocenters. The summed E-state index contributed by atoms with van der Waals surface area (Å²) < 4.78 is 5.58. The molecule has 2 fully saturated rings. The fourth-order valence-electron chi connectivity index (χ4n) is 2.72. The Morgan fingerprint density at radius 3 is 2.46 bits per heavy atom. The van der Waals surface area contributed by atoms with Crippen LogP contribution in [0.2, 0.25) is 0 Å². The molecule has 2 bridgehead atoms. The van der Waals surface area contributed by atoms with Crippen molar-refractivity contribution >= 4 is 0 Å². The number of hydrogen-bond donors (Lipinski definition) is 1. The first-order valence-corrected chi connectivity index (χ1v) is 5.25. The molecular weight excluding hydrogens is 166 g/mol. The maximum absolute atomic E-state index is 8.66. The van der Waals surface area contributed by atoms with Crippen LogP contribution in [0.4, 0.5) is 0 Å². The van der Waals surface area contributed by atoms with Crippen molar-refractivity contribution in [1.82, 2.24) is 4.90 Å². The van der Waals surface area contributed by atoms with Crippen molar-refractivity contribution in [3.63, 3.8) is 0 Å². The van der Waals surface area contributed by atoms with Crippen molar-refractivity contribution < 1.29 is 9.84 Å². The van der Waals surface area contributed by atoms with E-state index in [-0.39, 0.29) is 6.61 Å². The van der Waals surface area contributed by atoms with E-state index >= 15 is 0 Å². The van der Waals surface area contributed by atoms with E-state index in [1.54, 1.807) is 0 Å². The Morgan fingerprint density at radius 1 is 1.31 bits per heavy atom. The minimum atomic E-state index is 0.154. The first kappa shape index (κ1) is 9.44. The van der Waals surface area contributed by atoms with Gasteiger partial charge in [-0.2, -0.15) is 0 Å². The summed E-state index contributed by atoms with van der Waals surface area (Å²) >= 11 is 0. The van der Waals surface area contributed by atoms with Gasteiger partial charge in [-0.1, -0.05) is 0 Å². The monoisotopic (exact) mass is 185 g/mol. The van der Waals surface area contributed by atoms with Gasteiger partial charge >= 0.3 is 0 Å². The van der Waals surface area contributed by atoms with Crippen LogP contribution in [0.5, 0.6) is 0 Å². The van der Waals surface area contributed by atoms with E-state index in [0.29, 0.717) is 12.7 Å². The van der Waals surface area contributed by atoms with Gasteiger partial charge in [0.25, 0.3) is 0 Å². The van der Waals surface area contributed by atoms with Crippen LogP contribution in [-0.2, 0) is 4.74 Å². The third-order valence-corrected chi connectivity index (χ3v) is 3.50. The molecule has 0 radical (unpaired) electrons. The molecule has 13 heavy (non-hydrogen) atoms. The number of hydrogen-bond acceptors (Lipinski definition) is 3. The summed E-state index contributed by atoms with van der Waals surface area (Å²) in [7, 11) is 2.23. The van der Waals surface area contributed by atoms with Crippen LogP contribution >= 0.6 is 0 Å². The molecule has 1 N–H and O–H groups in total. The average molecular weight is 185 g/mol. The molecule has 3 heteroatoms. The fourth-order valence-corrected chi connectivity index (χ4v) is 2.72. The Kier molecular flexibility index (Phi) is 2.86. The third kappa shape index (κ3) is 1.87. The summed E-state index contributed by atoms with van der Waals surface area (Å²) in [5.74, 6) is 0. The fraction of sp³-hybridized carbons (Fsp3) is 1.00. The molecular formula is C10H19NO2. The van der Waals surface area contributed by atoms with Crippen molar-refractivity contribution in [3.8, 4) is 0 Å². The van der Waals surface area contributed by atoms with E-state index in [4.69, 9.17) is 9.84 Å². The highest BCUT2D eigenvalue weighted by atomic mass is 16.5. The summed E-state index contributed by atoms with van der Waals surface area (Å²) in [6.45, 7) is 0.662. The second-order valence-electron chi connectivity index (χ2n) is 4.24. The lowest BCUT2D eigenvalue weighted by Gasteiger charge is -2.36. The number of aliphatic hydroxyl groups is 1. The van der Waals surface area contributed by atoms with E-state index in [0.717, 1.165) is 24.9 Å². The Labute approximate surface area is 79.7 Å². The summed E-state index contributed by atoms with van der Waals surface area (Å²) in [6.07, 6.45) is 5.39. The molecule has 0 aromatic carbocycles. The van der Waals surface area contributed by atoms with E-state index < -0.39 is 0 Å². The van der Waals surface area contributed by atoms with E-state index in [9.17, 15) is 0 Å². The molecule has 2 saturated heterocycles. The lowest BCUT2D eigenvalue weighted by atomic mass is 10.0. The zero-order valence-electron chi connectivity index (χ0n) is 8.28. The Morgan fingerprint density at radius 2 is 1.92 bits per heavy atom. The van der Waals surface area contributed by atoms with Crippen LogP contribution < -0.4 is 0 Å². The second kappa shape index (κ2) is 3.95. The third-order valence-electron chi connectivity index (χ3n) is 3.50. The molecule has 0 spiro atoms. The van der Waals surface area contributed by atoms with Crippen LogP contribution in [0, 0.1) is 0 Å². The van der Waals surface area contributed by atoms with Crippen LogP contribution in [0.1, 0.15) is 25.7 Å². The predicted octanol–water partition coefficient (Wildman–Crippen LogP) is 0.620. The maximum atomic E-state index is 8.66. The highest BCUT2D eigenvalue weighted by Gasteiger charge is 2.38. The molecule has 76 valence electrons. The molecule has 0 aromatic rings. The number of piperidine rings is 1. The molecule has 3 nitrogen and oxygen atoms in total. The van der Waals surface area contributed by atoms with Gasteiger partial charge in [-0.3, -0.25) is 0 Å². The van der Waals surface area contributed by atoms with Crippen molar-refractivity contribution in [2.45, 2.75) is 43.9 Å². The zero-order valence-corrected chi connectivity index (χ0v) is 8.28. The summed E-state index contributed by atoms with van der Waals surface area (Å²) in [5, 5.41) is 8.66.